The van der Waals surface area contributed by atoms with Crippen LogP contribution < -0.4 is 0 Å². The van der Waals surface area contributed by atoms with E-state index in [0.29, 0.717) is 6.10 Å². The van der Waals surface area contributed by atoms with Gasteiger partial charge >= 0.3 is 0 Å². The summed E-state index contributed by atoms with van der Waals surface area (Å²) >= 11 is 0. The number of nitrogens with zero attached hydrogens (tertiary/aromatic N) is 2. The summed E-state index contributed by atoms with van der Waals surface area (Å²) in [5.41, 5.74) is 0. The fraction of sp³-hybridized carbons (Fsp3) is 1.00. The minimum absolute atomic E-state index is 0.529. The Hall–Kier alpha value is -0.120. The van der Waals surface area contributed by atoms with Crippen molar-refractivity contribution in [3.63, 3.8) is 0 Å². The van der Waals surface area contributed by atoms with Crippen LogP contribution in [0.1, 0.15) is 39.5 Å². The third kappa shape index (κ3) is 3.94. The molecule has 3 nitrogen and oxygen atoms in total. The van der Waals surface area contributed by atoms with Crippen LogP contribution in [0.25, 0.3) is 0 Å². The van der Waals surface area contributed by atoms with Gasteiger partial charge in [0.05, 0.1) is 6.10 Å². The number of hydrogen-bond donors (Lipinski definition) is 0. The van der Waals surface area contributed by atoms with Crippen LogP contribution in [0.2, 0.25) is 0 Å². The number of hydrogen-bond acceptors (Lipinski definition) is 3. The Kier molecular flexibility index (Phi) is 5.26. The minimum Gasteiger partial charge on any atom is -0.378 e. The molecule has 0 saturated carbocycles. The van der Waals surface area contributed by atoms with E-state index in [1.54, 1.807) is 0 Å². The zero-order chi connectivity index (χ0) is 12.1. The van der Waals surface area contributed by atoms with Crippen molar-refractivity contribution >= 4 is 0 Å². The molecule has 2 rings (SSSR count). The molecule has 1 atom stereocenters. The number of piperidine rings is 1. The molecule has 0 aliphatic carbocycles. The third-order valence-electron chi connectivity index (χ3n) is 4.38. The summed E-state index contributed by atoms with van der Waals surface area (Å²) < 4.78 is 6.01. The van der Waals surface area contributed by atoms with E-state index in [9.17, 15) is 0 Å². The van der Waals surface area contributed by atoms with Gasteiger partial charge in [0.25, 0.3) is 0 Å². The molecule has 0 spiro atoms. The molecule has 2 fully saturated rings. The Morgan fingerprint density at radius 3 is 2.41 bits per heavy atom. The Balaban J connectivity index is 1.53. The molecule has 2 heterocycles. The summed E-state index contributed by atoms with van der Waals surface area (Å²) in [4.78, 5) is 5.07. The van der Waals surface area contributed by atoms with Crippen molar-refractivity contribution in [3.8, 4) is 0 Å². The van der Waals surface area contributed by atoms with Crippen LogP contribution in [0.15, 0.2) is 0 Å². The number of ether oxygens (including phenoxy) is 1. The first-order valence-electron chi connectivity index (χ1n) is 7.37. The molecule has 1 unspecified atom stereocenters. The minimum atomic E-state index is 0.529. The van der Waals surface area contributed by atoms with Crippen LogP contribution in [0.3, 0.4) is 0 Å². The molecule has 2 saturated heterocycles. The van der Waals surface area contributed by atoms with Gasteiger partial charge in [-0.1, -0.05) is 6.92 Å². The molecular weight excluding hydrogens is 212 g/mol. The van der Waals surface area contributed by atoms with Crippen molar-refractivity contribution in [2.45, 2.75) is 51.7 Å². The van der Waals surface area contributed by atoms with E-state index in [-0.39, 0.29) is 0 Å². The average molecular weight is 240 g/mol. The predicted molar refractivity (Wildman–Crippen MR) is 71.4 cm³/mol. The van der Waals surface area contributed by atoms with Crippen molar-refractivity contribution in [1.82, 2.24) is 9.80 Å². The van der Waals surface area contributed by atoms with Crippen LogP contribution in [0.5, 0.6) is 0 Å². The number of rotatable bonds is 6. The average Bonchev–Trinajstić information content (AvgIpc) is 2.27. The third-order valence-corrected chi connectivity index (χ3v) is 4.38. The van der Waals surface area contributed by atoms with Gasteiger partial charge in [0.15, 0.2) is 0 Å². The molecule has 100 valence electrons. The summed E-state index contributed by atoms with van der Waals surface area (Å²) in [6.07, 6.45) is 5.58. The monoisotopic (exact) mass is 240 g/mol. The first-order chi connectivity index (χ1) is 8.29. The molecule has 0 aromatic rings. The van der Waals surface area contributed by atoms with Crippen molar-refractivity contribution in [3.05, 3.63) is 0 Å². The van der Waals surface area contributed by atoms with Crippen LogP contribution in [0.4, 0.5) is 0 Å². The van der Waals surface area contributed by atoms with Crippen molar-refractivity contribution in [2.24, 2.45) is 0 Å². The SMILES string of the molecule is CCN1CCC(OCCC(C)N2CCC2)CC1. The van der Waals surface area contributed by atoms with Crippen LogP contribution in [-0.2, 0) is 4.74 Å². The zero-order valence-electron chi connectivity index (χ0n) is 11.5. The Morgan fingerprint density at radius 2 is 1.88 bits per heavy atom. The van der Waals surface area contributed by atoms with E-state index in [4.69, 9.17) is 4.74 Å². The molecule has 0 bridgehead atoms. The van der Waals surface area contributed by atoms with Gasteiger partial charge in [-0.2, -0.15) is 0 Å². The van der Waals surface area contributed by atoms with Crippen molar-refractivity contribution in [1.29, 1.82) is 0 Å². The second-order valence-corrected chi connectivity index (χ2v) is 5.53. The predicted octanol–water partition coefficient (Wildman–Crippen LogP) is 1.97. The summed E-state index contributed by atoms with van der Waals surface area (Å²) in [5.74, 6) is 0. The fourth-order valence-corrected chi connectivity index (χ4v) is 2.76. The first kappa shape index (κ1) is 13.3. The maximum absolute atomic E-state index is 6.01. The standard InChI is InChI=1S/C14H28N2O/c1-3-15-10-5-14(6-11-15)17-12-7-13(2)16-8-4-9-16/h13-14H,3-12H2,1-2H3. The highest BCUT2D eigenvalue weighted by Gasteiger charge is 2.21. The second kappa shape index (κ2) is 6.72. The van der Waals surface area contributed by atoms with E-state index < -0.39 is 0 Å². The quantitative estimate of drug-likeness (QED) is 0.706. The summed E-state index contributed by atoms with van der Waals surface area (Å²) in [7, 11) is 0. The van der Waals surface area contributed by atoms with E-state index in [0.717, 1.165) is 12.6 Å². The van der Waals surface area contributed by atoms with Crippen molar-refractivity contribution in [2.75, 3.05) is 39.3 Å². The summed E-state index contributed by atoms with van der Waals surface area (Å²) in [6.45, 7) is 11.8. The highest BCUT2D eigenvalue weighted by molar-refractivity contribution is 4.76. The highest BCUT2D eigenvalue weighted by Crippen LogP contribution is 2.16. The lowest BCUT2D eigenvalue weighted by Gasteiger charge is -2.37. The van der Waals surface area contributed by atoms with Gasteiger partial charge in [-0.25, -0.2) is 0 Å². The smallest absolute Gasteiger partial charge is 0.0599 e. The number of likely N-dealkylation sites (tertiary alicyclic amines) is 2. The second-order valence-electron chi connectivity index (χ2n) is 5.53. The molecule has 0 amide bonds. The first-order valence-corrected chi connectivity index (χ1v) is 7.37. The maximum atomic E-state index is 6.01. The van der Waals surface area contributed by atoms with Crippen LogP contribution in [-0.4, -0.2) is 61.3 Å². The van der Waals surface area contributed by atoms with Crippen LogP contribution in [0, 0.1) is 0 Å². The zero-order valence-corrected chi connectivity index (χ0v) is 11.5. The molecule has 2 aliphatic heterocycles. The summed E-state index contributed by atoms with van der Waals surface area (Å²) in [5, 5.41) is 0. The largest absolute Gasteiger partial charge is 0.378 e. The molecule has 2 aliphatic rings. The molecule has 0 aromatic heterocycles. The Morgan fingerprint density at radius 1 is 1.18 bits per heavy atom. The fourth-order valence-electron chi connectivity index (χ4n) is 2.76. The van der Waals surface area contributed by atoms with Gasteiger partial charge in [0.2, 0.25) is 0 Å². The lowest BCUT2D eigenvalue weighted by molar-refractivity contribution is -0.00416. The van der Waals surface area contributed by atoms with Gasteiger partial charge in [0, 0.05) is 25.7 Å². The van der Waals surface area contributed by atoms with E-state index in [1.165, 1.54) is 58.4 Å². The Bertz CT molecular complexity index is 210. The lowest BCUT2D eigenvalue weighted by Crippen LogP contribution is -2.44. The molecule has 0 N–H and O–H groups in total. The van der Waals surface area contributed by atoms with Gasteiger partial charge in [0.1, 0.15) is 0 Å². The van der Waals surface area contributed by atoms with Gasteiger partial charge < -0.3 is 14.5 Å². The Labute approximate surface area is 106 Å². The van der Waals surface area contributed by atoms with E-state index in [2.05, 4.69) is 23.6 Å². The molecule has 17 heavy (non-hydrogen) atoms. The van der Waals surface area contributed by atoms with Crippen molar-refractivity contribution < 1.29 is 4.74 Å². The normalized spacial score (nSPS) is 25.8. The van der Waals surface area contributed by atoms with Gasteiger partial charge in [-0.15, -0.1) is 0 Å². The van der Waals surface area contributed by atoms with Crippen LogP contribution >= 0.6 is 0 Å². The van der Waals surface area contributed by atoms with E-state index >= 15 is 0 Å². The molecule has 0 radical (unpaired) electrons. The lowest BCUT2D eigenvalue weighted by atomic mass is 10.1. The van der Waals surface area contributed by atoms with Gasteiger partial charge in [-0.3, -0.25) is 0 Å². The topological polar surface area (TPSA) is 15.7 Å². The molecular formula is C14H28N2O. The van der Waals surface area contributed by atoms with E-state index in [1.807, 2.05) is 0 Å². The maximum Gasteiger partial charge on any atom is 0.0599 e. The molecule has 0 aromatic carbocycles. The highest BCUT2D eigenvalue weighted by atomic mass is 16.5. The van der Waals surface area contributed by atoms with Gasteiger partial charge in [-0.05, 0) is 52.2 Å². The molecule has 3 heteroatoms. The summed E-state index contributed by atoms with van der Waals surface area (Å²) in [6, 6.07) is 0.722.